The van der Waals surface area contributed by atoms with Crippen molar-refractivity contribution in [1.82, 2.24) is 9.80 Å². The molecular weight excluding hydrogens is 480 g/mol. The number of hydrogen-bond donors (Lipinski definition) is 0. The molecule has 38 heavy (non-hydrogen) atoms. The van der Waals surface area contributed by atoms with Crippen molar-refractivity contribution in [3.05, 3.63) is 81.7 Å². The fourth-order valence-corrected chi connectivity index (χ4v) is 5.60. The monoisotopic (exact) mass is 516 g/mol. The number of nitrogens with zero attached hydrogens (tertiary/aromatic N) is 2. The lowest BCUT2D eigenvalue weighted by Crippen LogP contribution is -2.47. The van der Waals surface area contributed by atoms with E-state index in [1.165, 1.54) is 6.26 Å². The van der Waals surface area contributed by atoms with E-state index in [0.717, 1.165) is 49.7 Å². The molecule has 1 saturated heterocycles. The topological polar surface area (TPSA) is 80.1 Å². The van der Waals surface area contributed by atoms with Crippen molar-refractivity contribution in [2.24, 2.45) is 5.92 Å². The molecule has 2 amide bonds. The Morgan fingerprint density at radius 2 is 1.74 bits per heavy atom. The van der Waals surface area contributed by atoms with Crippen LogP contribution in [0.5, 0.6) is 0 Å². The standard InChI is InChI=1S/C31H36N2O5/c1-22-13-14-28-27(16-22)30(35)25(21-38-28)18-32(17-23-8-3-2-4-9-23)29(34)20-33(19-26-12-7-15-37-26)31(36)24-10-5-6-11-24/h2-4,8-9,13-14,16,21,24,26H,5-7,10-12,15,17-20H2,1H3. The summed E-state index contributed by atoms with van der Waals surface area (Å²) in [6, 6.07) is 15.2. The quantitative estimate of drug-likeness (QED) is 0.407. The minimum atomic E-state index is -0.193. The Bertz CT molecular complexity index is 1320. The van der Waals surface area contributed by atoms with Crippen LogP contribution in [0.4, 0.5) is 0 Å². The number of hydrogen-bond acceptors (Lipinski definition) is 5. The number of benzene rings is 2. The van der Waals surface area contributed by atoms with Crippen LogP contribution in [0, 0.1) is 12.8 Å². The van der Waals surface area contributed by atoms with Crippen LogP contribution in [-0.2, 0) is 27.4 Å². The van der Waals surface area contributed by atoms with Crippen molar-refractivity contribution < 1.29 is 18.7 Å². The van der Waals surface area contributed by atoms with Crippen molar-refractivity contribution in [3.63, 3.8) is 0 Å². The molecule has 1 aromatic heterocycles. The molecule has 0 radical (unpaired) electrons. The smallest absolute Gasteiger partial charge is 0.242 e. The molecule has 2 aliphatic rings. The molecular formula is C31H36N2O5. The lowest BCUT2D eigenvalue weighted by molar-refractivity contribution is -0.144. The first-order chi connectivity index (χ1) is 18.5. The molecule has 200 valence electrons. The van der Waals surface area contributed by atoms with E-state index in [4.69, 9.17) is 9.15 Å². The first kappa shape index (κ1) is 26.2. The van der Waals surface area contributed by atoms with Gasteiger partial charge in [-0.1, -0.05) is 54.8 Å². The van der Waals surface area contributed by atoms with E-state index in [-0.39, 0.29) is 42.4 Å². The normalized spacial score (nSPS) is 17.7. The minimum absolute atomic E-state index is 0.0254. The highest BCUT2D eigenvalue weighted by Gasteiger charge is 2.32. The molecule has 5 rings (SSSR count). The van der Waals surface area contributed by atoms with Crippen molar-refractivity contribution in [3.8, 4) is 0 Å². The summed E-state index contributed by atoms with van der Waals surface area (Å²) in [5.74, 6) is -0.170. The molecule has 1 atom stereocenters. The van der Waals surface area contributed by atoms with Crippen LogP contribution in [0.2, 0.25) is 0 Å². The van der Waals surface area contributed by atoms with Crippen LogP contribution in [-0.4, -0.2) is 47.4 Å². The Morgan fingerprint density at radius 3 is 2.47 bits per heavy atom. The fraction of sp³-hybridized carbons (Fsp3) is 0.452. The second-order valence-corrected chi connectivity index (χ2v) is 10.7. The van der Waals surface area contributed by atoms with Gasteiger partial charge in [0.15, 0.2) is 5.43 Å². The highest BCUT2D eigenvalue weighted by atomic mass is 16.5. The molecule has 1 aliphatic heterocycles. The van der Waals surface area contributed by atoms with Crippen LogP contribution in [0.3, 0.4) is 0 Å². The lowest BCUT2D eigenvalue weighted by Gasteiger charge is -2.30. The zero-order chi connectivity index (χ0) is 26.5. The van der Waals surface area contributed by atoms with Crippen LogP contribution < -0.4 is 5.43 Å². The largest absolute Gasteiger partial charge is 0.464 e. The number of ether oxygens (including phenoxy) is 1. The number of rotatable bonds is 9. The zero-order valence-electron chi connectivity index (χ0n) is 22.1. The van der Waals surface area contributed by atoms with Gasteiger partial charge in [-0.25, -0.2) is 0 Å². The Hall–Kier alpha value is -3.45. The van der Waals surface area contributed by atoms with Crippen molar-refractivity contribution in [1.29, 1.82) is 0 Å². The maximum Gasteiger partial charge on any atom is 0.242 e. The van der Waals surface area contributed by atoms with Crippen LogP contribution in [0.15, 0.2) is 64.0 Å². The van der Waals surface area contributed by atoms with Crippen LogP contribution in [0.1, 0.15) is 55.2 Å². The molecule has 2 heterocycles. The first-order valence-electron chi connectivity index (χ1n) is 13.7. The first-order valence-corrected chi connectivity index (χ1v) is 13.7. The van der Waals surface area contributed by atoms with Gasteiger partial charge in [0.05, 0.1) is 36.4 Å². The average Bonchev–Trinajstić information content (AvgIpc) is 3.65. The predicted molar refractivity (Wildman–Crippen MR) is 145 cm³/mol. The molecule has 1 aliphatic carbocycles. The van der Waals surface area contributed by atoms with Crippen LogP contribution >= 0.6 is 0 Å². The second kappa shape index (κ2) is 11.9. The van der Waals surface area contributed by atoms with E-state index in [2.05, 4.69) is 0 Å². The number of aryl methyl sites for hydroxylation is 1. The molecule has 2 aromatic carbocycles. The Morgan fingerprint density at radius 1 is 0.947 bits per heavy atom. The molecule has 0 N–H and O–H groups in total. The van der Waals surface area contributed by atoms with Gasteiger partial charge in [-0.05, 0) is 50.3 Å². The zero-order valence-corrected chi connectivity index (χ0v) is 22.1. The summed E-state index contributed by atoms with van der Waals surface area (Å²) in [7, 11) is 0. The minimum Gasteiger partial charge on any atom is -0.464 e. The summed E-state index contributed by atoms with van der Waals surface area (Å²) < 4.78 is 11.6. The van der Waals surface area contributed by atoms with E-state index in [1.54, 1.807) is 15.9 Å². The summed E-state index contributed by atoms with van der Waals surface area (Å²) >= 11 is 0. The summed E-state index contributed by atoms with van der Waals surface area (Å²) in [5.41, 5.74) is 2.72. The SMILES string of the molecule is Cc1ccc2occ(CN(Cc3ccccc3)C(=O)CN(CC3CCCO3)C(=O)C3CCCC3)c(=O)c2c1. The lowest BCUT2D eigenvalue weighted by atomic mass is 10.1. The number of fused-ring (bicyclic) bond motifs is 1. The van der Waals surface area contributed by atoms with Gasteiger partial charge >= 0.3 is 0 Å². The molecule has 1 saturated carbocycles. The van der Waals surface area contributed by atoms with Gasteiger partial charge in [0.1, 0.15) is 5.58 Å². The van der Waals surface area contributed by atoms with Gasteiger partial charge in [-0.3, -0.25) is 14.4 Å². The third-order valence-electron chi connectivity index (χ3n) is 7.72. The highest BCUT2D eigenvalue weighted by molar-refractivity contribution is 5.86. The fourth-order valence-electron chi connectivity index (χ4n) is 5.60. The van der Waals surface area contributed by atoms with Crippen LogP contribution in [0.25, 0.3) is 11.0 Å². The van der Waals surface area contributed by atoms with Gasteiger partial charge in [-0.15, -0.1) is 0 Å². The van der Waals surface area contributed by atoms with E-state index in [9.17, 15) is 14.4 Å². The molecule has 1 unspecified atom stereocenters. The summed E-state index contributed by atoms with van der Waals surface area (Å²) in [5, 5.41) is 0.506. The van der Waals surface area contributed by atoms with E-state index < -0.39 is 0 Å². The van der Waals surface area contributed by atoms with Gasteiger partial charge in [-0.2, -0.15) is 0 Å². The summed E-state index contributed by atoms with van der Waals surface area (Å²) in [6.07, 6.45) is 7.14. The van der Waals surface area contributed by atoms with E-state index in [1.807, 2.05) is 49.4 Å². The highest BCUT2D eigenvalue weighted by Crippen LogP contribution is 2.27. The Kier molecular flexibility index (Phi) is 8.23. The number of carbonyl (C=O) groups excluding carboxylic acids is 2. The van der Waals surface area contributed by atoms with Gasteiger partial charge in [0.25, 0.3) is 0 Å². The van der Waals surface area contributed by atoms with Gasteiger partial charge < -0.3 is 19.0 Å². The number of carbonyl (C=O) groups is 2. The summed E-state index contributed by atoms with van der Waals surface area (Å²) in [4.78, 5) is 44.0. The molecule has 0 bridgehead atoms. The third-order valence-corrected chi connectivity index (χ3v) is 7.72. The maximum absolute atomic E-state index is 13.8. The predicted octanol–water partition coefficient (Wildman–Crippen LogP) is 4.83. The van der Waals surface area contributed by atoms with Crippen molar-refractivity contribution in [2.45, 2.75) is 64.6 Å². The molecule has 3 aromatic rings. The van der Waals surface area contributed by atoms with Gasteiger partial charge in [0, 0.05) is 25.6 Å². The van der Waals surface area contributed by atoms with E-state index in [0.29, 0.717) is 36.2 Å². The van der Waals surface area contributed by atoms with Gasteiger partial charge in [0.2, 0.25) is 11.8 Å². The molecule has 7 heteroatoms. The second-order valence-electron chi connectivity index (χ2n) is 10.7. The Labute approximate surface area is 223 Å². The summed E-state index contributed by atoms with van der Waals surface area (Å²) in [6.45, 7) is 3.46. The van der Waals surface area contributed by atoms with Crippen molar-refractivity contribution in [2.75, 3.05) is 19.7 Å². The average molecular weight is 517 g/mol. The third kappa shape index (κ3) is 6.16. The van der Waals surface area contributed by atoms with E-state index >= 15 is 0 Å². The molecule has 7 nitrogen and oxygen atoms in total. The molecule has 0 spiro atoms. The number of amides is 2. The Balaban J connectivity index is 1.41. The maximum atomic E-state index is 13.8. The molecule has 2 fully saturated rings. The van der Waals surface area contributed by atoms with Crippen molar-refractivity contribution >= 4 is 22.8 Å².